The van der Waals surface area contributed by atoms with Gasteiger partial charge in [-0.25, -0.2) is 8.42 Å². The van der Waals surface area contributed by atoms with E-state index in [9.17, 15) is 18.0 Å². The number of benzene rings is 2. The normalized spacial score (nSPS) is 12.1. The van der Waals surface area contributed by atoms with Crippen LogP contribution >= 0.6 is 23.2 Å². The first-order valence-electron chi connectivity index (χ1n) is 9.54. The largest absolute Gasteiger partial charge is 0.497 e. The highest BCUT2D eigenvalue weighted by Crippen LogP contribution is 2.28. The third-order valence-corrected chi connectivity index (χ3v) is 6.68. The second-order valence-corrected chi connectivity index (χ2v) is 9.75. The molecule has 2 aromatic rings. The minimum atomic E-state index is -3.84. The van der Waals surface area contributed by atoms with Crippen molar-refractivity contribution in [2.24, 2.45) is 0 Å². The number of methoxy groups -OCH3 is 1. The van der Waals surface area contributed by atoms with Crippen LogP contribution < -0.4 is 14.4 Å². The molecular weight excluding hydrogens is 477 g/mol. The lowest BCUT2D eigenvalue weighted by Crippen LogP contribution is -2.50. The summed E-state index contributed by atoms with van der Waals surface area (Å²) in [6, 6.07) is 10.4. The average molecular weight is 502 g/mol. The fourth-order valence-corrected chi connectivity index (χ4v) is 4.11. The Labute approximate surface area is 198 Å². The first-order valence-corrected chi connectivity index (χ1v) is 12.1. The number of rotatable bonds is 9. The van der Waals surface area contributed by atoms with Crippen molar-refractivity contribution in [1.82, 2.24) is 10.2 Å². The summed E-state index contributed by atoms with van der Waals surface area (Å²) in [6.45, 7) is 1.15. The van der Waals surface area contributed by atoms with E-state index in [-0.39, 0.29) is 28.2 Å². The molecule has 0 aromatic heterocycles. The monoisotopic (exact) mass is 501 g/mol. The fourth-order valence-electron chi connectivity index (χ4n) is 2.97. The van der Waals surface area contributed by atoms with Gasteiger partial charge in [0.05, 0.1) is 29.1 Å². The minimum Gasteiger partial charge on any atom is -0.497 e. The van der Waals surface area contributed by atoms with Gasteiger partial charge in [-0.1, -0.05) is 35.3 Å². The Kier molecular flexibility index (Phi) is 8.77. The topological polar surface area (TPSA) is 96.0 Å². The molecule has 0 saturated carbocycles. The molecule has 0 bridgehead atoms. The highest BCUT2D eigenvalue weighted by molar-refractivity contribution is 7.92. The van der Waals surface area contributed by atoms with Crippen LogP contribution in [0.4, 0.5) is 5.69 Å². The van der Waals surface area contributed by atoms with Crippen LogP contribution in [0.25, 0.3) is 0 Å². The van der Waals surface area contributed by atoms with Crippen LogP contribution in [0.5, 0.6) is 5.75 Å². The lowest BCUT2D eigenvalue weighted by molar-refractivity contribution is -0.139. The number of halogens is 2. The zero-order valence-electron chi connectivity index (χ0n) is 18.1. The van der Waals surface area contributed by atoms with Gasteiger partial charge in [-0.05, 0) is 42.8 Å². The molecule has 11 heteroatoms. The van der Waals surface area contributed by atoms with Gasteiger partial charge in [0, 0.05) is 13.6 Å². The number of sulfonamides is 1. The van der Waals surface area contributed by atoms with E-state index in [0.717, 1.165) is 16.1 Å². The maximum absolute atomic E-state index is 13.3. The van der Waals surface area contributed by atoms with Gasteiger partial charge >= 0.3 is 0 Å². The second-order valence-electron chi connectivity index (χ2n) is 7.03. The average Bonchev–Trinajstić information content (AvgIpc) is 2.76. The predicted molar refractivity (Wildman–Crippen MR) is 126 cm³/mol. The molecule has 0 heterocycles. The molecule has 2 aromatic carbocycles. The zero-order chi connectivity index (χ0) is 24.1. The van der Waals surface area contributed by atoms with Crippen LogP contribution in [0.15, 0.2) is 42.5 Å². The summed E-state index contributed by atoms with van der Waals surface area (Å²) in [7, 11) is -0.834. The van der Waals surface area contributed by atoms with E-state index in [1.165, 1.54) is 30.1 Å². The summed E-state index contributed by atoms with van der Waals surface area (Å²) in [5, 5.41) is 2.92. The molecule has 0 aliphatic heterocycles. The van der Waals surface area contributed by atoms with Crippen LogP contribution in [0.2, 0.25) is 10.0 Å². The molecule has 0 unspecified atom stereocenters. The fraction of sp³-hybridized carbons (Fsp3) is 0.333. The third kappa shape index (κ3) is 6.51. The minimum absolute atomic E-state index is 0.0936. The molecule has 0 radical (unpaired) electrons. The predicted octanol–water partition coefficient (Wildman–Crippen LogP) is 2.93. The second kappa shape index (κ2) is 10.9. The first-order chi connectivity index (χ1) is 15.0. The Bertz CT molecular complexity index is 1080. The van der Waals surface area contributed by atoms with Crippen LogP contribution in [0, 0.1) is 0 Å². The maximum atomic E-state index is 13.3. The molecule has 32 heavy (non-hydrogen) atoms. The summed E-state index contributed by atoms with van der Waals surface area (Å²) in [6.07, 6.45) is 0.985. The SMILES string of the molecule is CNC(=O)[C@@H](C)N(Cc1ccc(OC)cc1)C(=O)CN(c1ccc(Cl)c(Cl)c1)S(C)(=O)=O. The van der Waals surface area contributed by atoms with Crippen LogP contribution in [-0.4, -0.2) is 58.1 Å². The Morgan fingerprint density at radius 3 is 2.22 bits per heavy atom. The Morgan fingerprint density at radius 1 is 1.09 bits per heavy atom. The maximum Gasteiger partial charge on any atom is 0.244 e. The molecule has 0 saturated heterocycles. The lowest BCUT2D eigenvalue weighted by Gasteiger charge is -2.31. The number of nitrogens with zero attached hydrogens (tertiary/aromatic N) is 2. The number of amides is 2. The lowest BCUT2D eigenvalue weighted by atomic mass is 10.1. The molecule has 1 atom stereocenters. The van der Waals surface area contributed by atoms with Crippen molar-refractivity contribution in [3.63, 3.8) is 0 Å². The van der Waals surface area contributed by atoms with E-state index in [1.807, 2.05) is 0 Å². The highest BCUT2D eigenvalue weighted by Gasteiger charge is 2.29. The summed E-state index contributed by atoms with van der Waals surface area (Å²) < 4.78 is 31.0. The molecule has 2 rings (SSSR count). The van der Waals surface area contributed by atoms with Crippen molar-refractivity contribution < 1.29 is 22.7 Å². The Balaban J connectivity index is 2.38. The number of nitrogens with one attached hydrogen (secondary N) is 1. The molecule has 2 amide bonds. The van der Waals surface area contributed by atoms with Gasteiger partial charge in [0.1, 0.15) is 18.3 Å². The molecule has 8 nitrogen and oxygen atoms in total. The van der Waals surface area contributed by atoms with Crippen LogP contribution in [0.3, 0.4) is 0 Å². The Morgan fingerprint density at radius 2 is 1.72 bits per heavy atom. The van der Waals surface area contributed by atoms with E-state index in [4.69, 9.17) is 27.9 Å². The van der Waals surface area contributed by atoms with Crippen molar-refractivity contribution in [3.8, 4) is 5.75 Å². The van der Waals surface area contributed by atoms with E-state index >= 15 is 0 Å². The van der Waals surface area contributed by atoms with Crippen molar-refractivity contribution >= 4 is 50.7 Å². The van der Waals surface area contributed by atoms with Crippen molar-refractivity contribution in [3.05, 3.63) is 58.1 Å². The smallest absolute Gasteiger partial charge is 0.244 e. The number of anilines is 1. The van der Waals surface area contributed by atoms with Gasteiger partial charge in [0.2, 0.25) is 21.8 Å². The molecule has 1 N–H and O–H groups in total. The summed E-state index contributed by atoms with van der Waals surface area (Å²) in [5.74, 6) is -0.297. The number of ether oxygens (including phenoxy) is 1. The number of carbonyl (C=O) groups excluding carboxylic acids is 2. The highest BCUT2D eigenvalue weighted by atomic mass is 35.5. The molecule has 0 fully saturated rings. The number of likely N-dealkylation sites (N-methyl/N-ethyl adjacent to an activating group) is 1. The van der Waals surface area contributed by atoms with Crippen LogP contribution in [-0.2, 0) is 26.2 Å². The summed E-state index contributed by atoms with van der Waals surface area (Å²) >= 11 is 12.0. The zero-order valence-corrected chi connectivity index (χ0v) is 20.5. The third-order valence-electron chi connectivity index (χ3n) is 4.80. The standard InChI is InChI=1S/C21H25Cl2N3O5S/c1-14(21(28)24-2)25(12-15-5-8-17(31-3)9-6-15)20(27)13-26(32(4,29)30)16-7-10-18(22)19(23)11-16/h5-11,14H,12-13H2,1-4H3,(H,24,28)/t14-/m1/s1. The molecular formula is C21H25Cl2N3O5S. The number of carbonyl (C=O) groups is 2. The first kappa shape index (κ1) is 25.8. The van der Waals surface area contributed by atoms with Crippen molar-refractivity contribution in [1.29, 1.82) is 0 Å². The van der Waals surface area contributed by atoms with Crippen LogP contribution in [0.1, 0.15) is 12.5 Å². The Hall–Kier alpha value is -2.49. The van der Waals surface area contributed by atoms with E-state index in [2.05, 4.69) is 5.32 Å². The number of hydrogen-bond acceptors (Lipinski definition) is 5. The van der Waals surface area contributed by atoms with Gasteiger partial charge in [0.25, 0.3) is 0 Å². The van der Waals surface area contributed by atoms with E-state index in [0.29, 0.717) is 5.75 Å². The molecule has 0 aliphatic rings. The van der Waals surface area contributed by atoms with Crippen molar-refractivity contribution in [2.75, 3.05) is 31.3 Å². The van der Waals surface area contributed by atoms with Gasteiger partial charge in [-0.3, -0.25) is 13.9 Å². The summed E-state index contributed by atoms with van der Waals surface area (Å²) in [4.78, 5) is 26.9. The van der Waals surface area contributed by atoms with Crippen molar-refractivity contribution in [2.45, 2.75) is 19.5 Å². The van der Waals surface area contributed by atoms with Gasteiger partial charge in [-0.15, -0.1) is 0 Å². The molecule has 174 valence electrons. The van der Waals surface area contributed by atoms with Gasteiger partial charge < -0.3 is 15.0 Å². The number of hydrogen-bond donors (Lipinski definition) is 1. The van der Waals surface area contributed by atoms with Gasteiger partial charge in [-0.2, -0.15) is 0 Å². The molecule has 0 aliphatic carbocycles. The van der Waals surface area contributed by atoms with Gasteiger partial charge in [0.15, 0.2) is 0 Å². The van der Waals surface area contributed by atoms with E-state index in [1.54, 1.807) is 38.3 Å². The van der Waals surface area contributed by atoms with E-state index < -0.39 is 28.5 Å². The molecule has 0 spiro atoms. The summed E-state index contributed by atoms with van der Waals surface area (Å²) in [5.41, 5.74) is 0.933. The quantitative estimate of drug-likeness (QED) is 0.569.